The van der Waals surface area contributed by atoms with Crippen molar-refractivity contribution in [3.05, 3.63) is 29.6 Å². The fourth-order valence-electron chi connectivity index (χ4n) is 1.25. The van der Waals surface area contributed by atoms with Gasteiger partial charge in [-0.2, -0.15) is 0 Å². The van der Waals surface area contributed by atoms with E-state index in [1.165, 1.54) is 12.1 Å². The zero-order chi connectivity index (χ0) is 11.1. The molecule has 0 radical (unpaired) electrons. The quantitative estimate of drug-likeness (QED) is 0.704. The minimum atomic E-state index is -0.227. The van der Waals surface area contributed by atoms with Crippen LogP contribution in [0.2, 0.25) is 0 Å². The Morgan fingerprint density at radius 1 is 1.40 bits per heavy atom. The van der Waals surface area contributed by atoms with E-state index >= 15 is 0 Å². The molecule has 0 atom stereocenters. The fourth-order valence-corrected chi connectivity index (χ4v) is 1.25. The highest BCUT2D eigenvalue weighted by atomic mass is 19.1. The molecule has 0 aliphatic heterocycles. The molecular weight excluding hydrogens is 197 g/mol. The number of halogens is 1. The number of nitrogens with one attached hydrogen (secondary N) is 1. The van der Waals surface area contributed by atoms with Gasteiger partial charge in [0.25, 0.3) is 0 Å². The van der Waals surface area contributed by atoms with Gasteiger partial charge in [0, 0.05) is 12.2 Å². The summed E-state index contributed by atoms with van der Waals surface area (Å²) in [6.07, 6.45) is 0. The van der Waals surface area contributed by atoms with Crippen molar-refractivity contribution >= 4 is 5.69 Å². The van der Waals surface area contributed by atoms with E-state index in [1.807, 2.05) is 6.92 Å². The van der Waals surface area contributed by atoms with E-state index in [4.69, 9.17) is 9.84 Å². The van der Waals surface area contributed by atoms with Gasteiger partial charge in [0.05, 0.1) is 19.8 Å². The Morgan fingerprint density at radius 2 is 2.20 bits per heavy atom. The van der Waals surface area contributed by atoms with Crippen LogP contribution in [0.15, 0.2) is 18.2 Å². The number of ether oxygens (including phenoxy) is 1. The zero-order valence-electron chi connectivity index (χ0n) is 8.79. The summed E-state index contributed by atoms with van der Waals surface area (Å²) < 4.78 is 17.8. The van der Waals surface area contributed by atoms with Crippen molar-refractivity contribution in [2.45, 2.75) is 6.92 Å². The second-order valence-electron chi connectivity index (χ2n) is 3.22. The molecule has 2 N–H and O–H groups in total. The number of anilines is 1. The van der Waals surface area contributed by atoms with E-state index < -0.39 is 0 Å². The van der Waals surface area contributed by atoms with E-state index in [9.17, 15) is 4.39 Å². The summed E-state index contributed by atoms with van der Waals surface area (Å²) in [4.78, 5) is 0. The van der Waals surface area contributed by atoms with Crippen molar-refractivity contribution in [2.75, 3.05) is 31.7 Å². The van der Waals surface area contributed by atoms with Crippen LogP contribution in [0, 0.1) is 12.7 Å². The normalized spacial score (nSPS) is 10.3. The van der Waals surface area contributed by atoms with Crippen LogP contribution in [0.5, 0.6) is 0 Å². The van der Waals surface area contributed by atoms with Gasteiger partial charge in [0.1, 0.15) is 5.82 Å². The Bertz CT molecular complexity index is 305. The number of hydrogen-bond donors (Lipinski definition) is 2. The standard InChI is InChI=1S/C11H16FNO2/c1-9-8-10(12)2-3-11(9)13-4-6-15-7-5-14/h2-3,8,13-14H,4-7H2,1H3. The molecule has 3 nitrogen and oxygen atoms in total. The minimum Gasteiger partial charge on any atom is -0.394 e. The maximum Gasteiger partial charge on any atom is 0.123 e. The molecule has 1 aromatic carbocycles. The predicted octanol–water partition coefficient (Wildman–Crippen LogP) is 1.55. The minimum absolute atomic E-state index is 0.0373. The smallest absolute Gasteiger partial charge is 0.123 e. The van der Waals surface area contributed by atoms with Crippen molar-refractivity contribution in [2.24, 2.45) is 0 Å². The molecule has 0 fully saturated rings. The molecule has 0 saturated carbocycles. The Morgan fingerprint density at radius 3 is 2.87 bits per heavy atom. The maximum atomic E-state index is 12.8. The predicted molar refractivity (Wildman–Crippen MR) is 57.5 cm³/mol. The molecule has 0 heterocycles. The Balaban J connectivity index is 2.31. The SMILES string of the molecule is Cc1cc(F)ccc1NCCOCCO. The molecule has 0 saturated heterocycles. The van der Waals surface area contributed by atoms with Crippen molar-refractivity contribution in [1.82, 2.24) is 0 Å². The molecule has 1 rings (SSSR count). The third kappa shape index (κ3) is 4.27. The molecule has 0 aliphatic rings. The van der Waals surface area contributed by atoms with Crippen molar-refractivity contribution in [3.8, 4) is 0 Å². The van der Waals surface area contributed by atoms with Crippen molar-refractivity contribution in [1.29, 1.82) is 0 Å². The number of aryl methyl sites for hydroxylation is 1. The summed E-state index contributed by atoms with van der Waals surface area (Å²) in [5.74, 6) is -0.227. The lowest BCUT2D eigenvalue weighted by atomic mass is 10.2. The average Bonchev–Trinajstić information content (AvgIpc) is 2.20. The first kappa shape index (κ1) is 11.9. The highest BCUT2D eigenvalue weighted by molar-refractivity contribution is 5.50. The van der Waals surface area contributed by atoms with Crippen LogP contribution >= 0.6 is 0 Å². The average molecular weight is 213 g/mol. The third-order valence-electron chi connectivity index (χ3n) is 1.99. The first-order valence-corrected chi connectivity index (χ1v) is 4.92. The molecule has 0 spiro atoms. The third-order valence-corrected chi connectivity index (χ3v) is 1.99. The summed E-state index contributed by atoms with van der Waals surface area (Å²) in [6.45, 7) is 3.41. The molecular formula is C11H16FNO2. The number of aliphatic hydroxyl groups is 1. The van der Waals surface area contributed by atoms with Crippen LogP contribution in [0.4, 0.5) is 10.1 Å². The molecule has 15 heavy (non-hydrogen) atoms. The highest BCUT2D eigenvalue weighted by Crippen LogP contribution is 2.14. The van der Waals surface area contributed by atoms with Crippen LogP contribution in [-0.4, -0.2) is 31.5 Å². The van der Waals surface area contributed by atoms with E-state index in [0.717, 1.165) is 11.3 Å². The van der Waals surface area contributed by atoms with Gasteiger partial charge in [-0.05, 0) is 30.7 Å². The number of hydrogen-bond acceptors (Lipinski definition) is 3. The highest BCUT2D eigenvalue weighted by Gasteiger charge is 1.98. The topological polar surface area (TPSA) is 41.5 Å². The number of aliphatic hydroxyl groups excluding tert-OH is 1. The molecule has 0 amide bonds. The van der Waals surface area contributed by atoms with Gasteiger partial charge in [-0.25, -0.2) is 4.39 Å². The molecule has 0 bridgehead atoms. The second-order valence-corrected chi connectivity index (χ2v) is 3.22. The van der Waals surface area contributed by atoms with Crippen molar-refractivity contribution in [3.63, 3.8) is 0 Å². The second kappa shape index (κ2) is 6.37. The van der Waals surface area contributed by atoms with Gasteiger partial charge in [-0.15, -0.1) is 0 Å². The molecule has 4 heteroatoms. The van der Waals surface area contributed by atoms with Crippen molar-refractivity contribution < 1.29 is 14.2 Å². The van der Waals surface area contributed by atoms with E-state index in [0.29, 0.717) is 19.8 Å². The fraction of sp³-hybridized carbons (Fsp3) is 0.455. The first-order chi connectivity index (χ1) is 7.24. The molecule has 0 unspecified atom stereocenters. The van der Waals surface area contributed by atoms with E-state index in [-0.39, 0.29) is 12.4 Å². The lowest BCUT2D eigenvalue weighted by molar-refractivity contribution is 0.0992. The summed E-state index contributed by atoms with van der Waals surface area (Å²) in [7, 11) is 0. The Kier molecular flexibility index (Phi) is 5.07. The van der Waals surface area contributed by atoms with Gasteiger partial charge < -0.3 is 15.2 Å². The number of rotatable bonds is 6. The van der Waals surface area contributed by atoms with Gasteiger partial charge >= 0.3 is 0 Å². The first-order valence-electron chi connectivity index (χ1n) is 4.92. The van der Waals surface area contributed by atoms with Crippen LogP contribution < -0.4 is 5.32 Å². The summed E-state index contributed by atoms with van der Waals surface area (Å²) in [5, 5.41) is 11.6. The van der Waals surface area contributed by atoms with Crippen LogP contribution in [0.3, 0.4) is 0 Å². The van der Waals surface area contributed by atoms with E-state index in [2.05, 4.69) is 5.32 Å². The number of benzene rings is 1. The Hall–Kier alpha value is -1.13. The van der Waals surface area contributed by atoms with Gasteiger partial charge in [0.15, 0.2) is 0 Å². The summed E-state index contributed by atoms with van der Waals surface area (Å²) in [5.41, 5.74) is 1.78. The molecule has 0 aliphatic carbocycles. The van der Waals surface area contributed by atoms with E-state index in [1.54, 1.807) is 6.07 Å². The van der Waals surface area contributed by atoms with Crippen LogP contribution in [0.25, 0.3) is 0 Å². The summed E-state index contributed by atoms with van der Waals surface area (Å²) in [6, 6.07) is 4.61. The largest absolute Gasteiger partial charge is 0.394 e. The van der Waals surface area contributed by atoms with Gasteiger partial charge in [0.2, 0.25) is 0 Å². The molecule has 0 aromatic heterocycles. The summed E-state index contributed by atoms with van der Waals surface area (Å²) >= 11 is 0. The van der Waals surface area contributed by atoms with Gasteiger partial charge in [-0.3, -0.25) is 0 Å². The maximum absolute atomic E-state index is 12.8. The van der Waals surface area contributed by atoms with Crippen LogP contribution in [0.1, 0.15) is 5.56 Å². The molecule has 84 valence electrons. The molecule has 1 aromatic rings. The van der Waals surface area contributed by atoms with Gasteiger partial charge in [-0.1, -0.05) is 0 Å². The van der Waals surface area contributed by atoms with Crippen LogP contribution in [-0.2, 0) is 4.74 Å². The monoisotopic (exact) mass is 213 g/mol. The lowest BCUT2D eigenvalue weighted by Gasteiger charge is -2.09. The lowest BCUT2D eigenvalue weighted by Crippen LogP contribution is -2.11. The Labute approximate surface area is 88.9 Å². The zero-order valence-corrected chi connectivity index (χ0v) is 8.79.